The third-order valence-corrected chi connectivity index (χ3v) is 4.65. The summed E-state index contributed by atoms with van der Waals surface area (Å²) in [6, 6.07) is 7.28. The number of nitrogens with zero attached hydrogens (tertiary/aromatic N) is 4. The zero-order chi connectivity index (χ0) is 17.2. The molecule has 1 aromatic carbocycles. The number of carbonyl (C=O) groups excluding carboxylic acids is 1. The quantitative estimate of drug-likeness (QED) is 0.793. The van der Waals surface area contributed by atoms with Gasteiger partial charge in [-0.05, 0) is 31.0 Å². The molecule has 2 aromatic heterocycles. The van der Waals surface area contributed by atoms with Crippen molar-refractivity contribution in [2.75, 3.05) is 20.2 Å². The normalized spacial score (nSPS) is 17.6. The summed E-state index contributed by atoms with van der Waals surface area (Å²) in [6.45, 7) is 1.40. The molecule has 7 heteroatoms. The first kappa shape index (κ1) is 15.6. The first-order valence-electron chi connectivity index (χ1n) is 8.34. The lowest BCUT2D eigenvalue weighted by atomic mass is 9.94. The molecule has 0 saturated carbocycles. The Balaban J connectivity index is 1.57. The van der Waals surface area contributed by atoms with E-state index in [0.717, 1.165) is 30.6 Å². The molecule has 1 fully saturated rings. The summed E-state index contributed by atoms with van der Waals surface area (Å²) in [7, 11) is 1.60. The number of amides is 1. The Labute approximate surface area is 145 Å². The fraction of sp³-hybridized carbons (Fsp3) is 0.333. The van der Waals surface area contributed by atoms with Gasteiger partial charge in [0.2, 0.25) is 0 Å². The van der Waals surface area contributed by atoms with Crippen LogP contribution in [0.3, 0.4) is 0 Å². The maximum Gasteiger partial charge on any atom is 0.254 e. The van der Waals surface area contributed by atoms with Gasteiger partial charge < -0.3 is 9.64 Å². The monoisotopic (exact) mass is 337 g/mol. The number of likely N-dealkylation sites (tertiary alicyclic amines) is 1. The van der Waals surface area contributed by atoms with Crippen molar-refractivity contribution in [3.8, 4) is 5.75 Å². The van der Waals surface area contributed by atoms with Crippen LogP contribution < -0.4 is 4.74 Å². The summed E-state index contributed by atoms with van der Waals surface area (Å²) in [5.41, 5.74) is 3.03. The van der Waals surface area contributed by atoms with E-state index < -0.39 is 0 Å². The molecular formula is C18H19N5O2. The zero-order valence-corrected chi connectivity index (χ0v) is 14.0. The number of piperidine rings is 1. The lowest BCUT2D eigenvalue weighted by Crippen LogP contribution is -2.39. The van der Waals surface area contributed by atoms with Crippen molar-refractivity contribution in [1.29, 1.82) is 0 Å². The SMILES string of the molecule is COc1cccc(C(=O)N2CCC[C@H](c3[nH]nc4nccnc34)C2)c1. The second-order valence-corrected chi connectivity index (χ2v) is 6.19. The Hall–Kier alpha value is -2.96. The van der Waals surface area contributed by atoms with Gasteiger partial charge >= 0.3 is 0 Å². The number of hydrogen-bond acceptors (Lipinski definition) is 5. The number of nitrogens with one attached hydrogen (secondary N) is 1. The van der Waals surface area contributed by atoms with Crippen molar-refractivity contribution in [1.82, 2.24) is 25.1 Å². The molecule has 128 valence electrons. The van der Waals surface area contributed by atoms with Gasteiger partial charge in [-0.2, -0.15) is 5.10 Å². The standard InChI is InChI=1S/C18H19N5O2/c1-25-14-6-2-4-12(10-14)18(24)23-9-3-5-13(11-23)15-16-17(22-21-15)20-8-7-19-16/h2,4,6-8,10,13H,3,5,9,11H2,1H3,(H,20,21,22)/t13-/m0/s1. The van der Waals surface area contributed by atoms with Crippen molar-refractivity contribution in [2.45, 2.75) is 18.8 Å². The molecule has 0 radical (unpaired) electrons. The maximum absolute atomic E-state index is 12.9. The first-order valence-corrected chi connectivity index (χ1v) is 8.34. The molecule has 0 spiro atoms. The lowest BCUT2D eigenvalue weighted by molar-refractivity contribution is 0.0706. The van der Waals surface area contributed by atoms with Crippen LogP contribution in [0.25, 0.3) is 11.2 Å². The molecule has 0 bridgehead atoms. The van der Waals surface area contributed by atoms with Gasteiger partial charge in [-0.3, -0.25) is 9.89 Å². The van der Waals surface area contributed by atoms with Gasteiger partial charge in [-0.1, -0.05) is 6.07 Å². The largest absolute Gasteiger partial charge is 0.497 e. The third kappa shape index (κ3) is 2.93. The minimum Gasteiger partial charge on any atom is -0.497 e. The molecular weight excluding hydrogens is 318 g/mol. The number of methoxy groups -OCH3 is 1. The summed E-state index contributed by atoms with van der Waals surface area (Å²) in [4.78, 5) is 23.4. The van der Waals surface area contributed by atoms with E-state index in [2.05, 4.69) is 20.2 Å². The Morgan fingerprint density at radius 2 is 2.20 bits per heavy atom. The summed E-state index contributed by atoms with van der Waals surface area (Å²) in [5, 5.41) is 7.29. The Morgan fingerprint density at radius 1 is 1.32 bits per heavy atom. The van der Waals surface area contributed by atoms with E-state index in [4.69, 9.17) is 4.74 Å². The van der Waals surface area contributed by atoms with Crippen molar-refractivity contribution >= 4 is 17.1 Å². The summed E-state index contributed by atoms with van der Waals surface area (Å²) in [5.74, 6) is 0.901. The van der Waals surface area contributed by atoms with Crippen LogP contribution in [-0.4, -0.2) is 51.2 Å². The molecule has 25 heavy (non-hydrogen) atoms. The van der Waals surface area contributed by atoms with Crippen LogP contribution in [-0.2, 0) is 0 Å². The van der Waals surface area contributed by atoms with Crippen molar-refractivity contribution in [2.24, 2.45) is 0 Å². The third-order valence-electron chi connectivity index (χ3n) is 4.65. The second kappa shape index (κ2) is 6.51. The topological polar surface area (TPSA) is 84.0 Å². The second-order valence-electron chi connectivity index (χ2n) is 6.19. The zero-order valence-electron chi connectivity index (χ0n) is 14.0. The van der Waals surface area contributed by atoms with Crippen LogP contribution in [0.2, 0.25) is 0 Å². The predicted molar refractivity (Wildman–Crippen MR) is 92.6 cm³/mol. The number of fused-ring (bicyclic) bond motifs is 1. The molecule has 1 aliphatic heterocycles. The van der Waals surface area contributed by atoms with Gasteiger partial charge in [-0.25, -0.2) is 9.97 Å². The van der Waals surface area contributed by atoms with Gasteiger partial charge in [0.15, 0.2) is 5.65 Å². The number of H-pyrrole nitrogens is 1. The highest BCUT2D eigenvalue weighted by Gasteiger charge is 2.28. The van der Waals surface area contributed by atoms with E-state index in [9.17, 15) is 4.79 Å². The Bertz CT molecular complexity index is 907. The van der Waals surface area contributed by atoms with Crippen LogP contribution in [0.4, 0.5) is 0 Å². The highest BCUT2D eigenvalue weighted by atomic mass is 16.5. The average Bonchev–Trinajstić information content (AvgIpc) is 3.12. The molecule has 4 rings (SSSR count). The van der Waals surface area contributed by atoms with E-state index in [1.54, 1.807) is 25.6 Å². The van der Waals surface area contributed by atoms with E-state index in [-0.39, 0.29) is 11.8 Å². The van der Waals surface area contributed by atoms with Gasteiger partial charge in [0.25, 0.3) is 5.91 Å². The first-order chi connectivity index (χ1) is 12.3. The highest BCUT2D eigenvalue weighted by molar-refractivity contribution is 5.94. The van der Waals surface area contributed by atoms with Gasteiger partial charge in [-0.15, -0.1) is 0 Å². The van der Waals surface area contributed by atoms with E-state index in [1.807, 2.05) is 23.1 Å². The van der Waals surface area contributed by atoms with Crippen LogP contribution in [0.5, 0.6) is 5.75 Å². The van der Waals surface area contributed by atoms with E-state index >= 15 is 0 Å². The summed E-state index contributed by atoms with van der Waals surface area (Å²) >= 11 is 0. The predicted octanol–water partition coefficient (Wildman–Crippen LogP) is 2.38. The average molecular weight is 337 g/mol. The van der Waals surface area contributed by atoms with Crippen LogP contribution in [0.15, 0.2) is 36.7 Å². The maximum atomic E-state index is 12.9. The van der Waals surface area contributed by atoms with Crippen LogP contribution in [0.1, 0.15) is 34.8 Å². The molecule has 1 N–H and O–H groups in total. The Morgan fingerprint density at radius 3 is 3.08 bits per heavy atom. The lowest BCUT2D eigenvalue weighted by Gasteiger charge is -2.32. The van der Waals surface area contributed by atoms with Crippen LogP contribution >= 0.6 is 0 Å². The summed E-state index contributed by atoms with van der Waals surface area (Å²) < 4.78 is 5.22. The fourth-order valence-electron chi connectivity index (χ4n) is 3.39. The minimum absolute atomic E-state index is 0.0264. The molecule has 0 aliphatic carbocycles. The van der Waals surface area contributed by atoms with Crippen molar-refractivity contribution in [3.63, 3.8) is 0 Å². The smallest absolute Gasteiger partial charge is 0.254 e. The van der Waals surface area contributed by atoms with E-state index in [1.165, 1.54) is 0 Å². The minimum atomic E-state index is 0.0264. The molecule has 1 aliphatic rings. The number of aromatic nitrogens is 4. The fourth-order valence-corrected chi connectivity index (χ4v) is 3.39. The molecule has 3 heterocycles. The Kier molecular flexibility index (Phi) is 4.05. The number of benzene rings is 1. The number of rotatable bonds is 3. The summed E-state index contributed by atoms with van der Waals surface area (Å²) in [6.07, 6.45) is 5.24. The number of hydrogen-bond donors (Lipinski definition) is 1. The molecule has 1 amide bonds. The van der Waals surface area contributed by atoms with Gasteiger partial charge in [0.05, 0.1) is 12.8 Å². The molecule has 7 nitrogen and oxygen atoms in total. The number of carbonyl (C=O) groups is 1. The van der Waals surface area contributed by atoms with Crippen molar-refractivity contribution in [3.05, 3.63) is 47.9 Å². The molecule has 1 saturated heterocycles. The van der Waals surface area contributed by atoms with Crippen molar-refractivity contribution < 1.29 is 9.53 Å². The highest BCUT2D eigenvalue weighted by Crippen LogP contribution is 2.30. The molecule has 3 aromatic rings. The van der Waals surface area contributed by atoms with Crippen LogP contribution in [0, 0.1) is 0 Å². The van der Waals surface area contributed by atoms with Gasteiger partial charge in [0, 0.05) is 37.0 Å². The van der Waals surface area contributed by atoms with Gasteiger partial charge in [0.1, 0.15) is 11.3 Å². The number of aromatic amines is 1. The van der Waals surface area contributed by atoms with E-state index in [0.29, 0.717) is 23.5 Å². The number of ether oxygens (including phenoxy) is 1. The molecule has 0 unspecified atom stereocenters. The molecule has 1 atom stereocenters.